The van der Waals surface area contributed by atoms with Gasteiger partial charge in [-0.25, -0.2) is 9.97 Å². The molecular weight excluding hydrogens is 288 g/mol. The van der Waals surface area contributed by atoms with Crippen molar-refractivity contribution in [1.29, 1.82) is 0 Å². The summed E-state index contributed by atoms with van der Waals surface area (Å²) in [7, 11) is 0. The van der Waals surface area contributed by atoms with E-state index in [-0.39, 0.29) is 22.8 Å². The van der Waals surface area contributed by atoms with Crippen molar-refractivity contribution in [2.45, 2.75) is 78.7 Å². The smallest absolute Gasteiger partial charge is 0.221 e. The van der Waals surface area contributed by atoms with Crippen LogP contribution >= 0.6 is 0 Å². The number of carbonyl (C=O) groups excluding carboxylic acids is 1. The summed E-state index contributed by atoms with van der Waals surface area (Å²) in [6.45, 7) is 17.2. The van der Waals surface area contributed by atoms with E-state index in [1.54, 1.807) is 0 Å². The van der Waals surface area contributed by atoms with Gasteiger partial charge in [-0.15, -0.1) is 0 Å². The van der Waals surface area contributed by atoms with Crippen LogP contribution in [0.4, 0.5) is 5.82 Å². The minimum absolute atomic E-state index is 0.0472. The van der Waals surface area contributed by atoms with E-state index in [2.05, 4.69) is 57.2 Å². The minimum Gasteiger partial charge on any atom is -0.369 e. The zero-order valence-corrected chi connectivity index (χ0v) is 15.9. The normalized spacial score (nSPS) is 12.4. The second-order valence-corrected chi connectivity index (χ2v) is 8.36. The zero-order valence-electron chi connectivity index (χ0n) is 15.9. The Morgan fingerprint density at radius 1 is 1.09 bits per heavy atom. The fourth-order valence-corrected chi connectivity index (χ4v) is 1.96. The first-order chi connectivity index (χ1) is 10.4. The monoisotopic (exact) mass is 320 g/mol. The van der Waals surface area contributed by atoms with E-state index >= 15 is 0 Å². The number of nitrogens with zero attached hydrogens (tertiary/aromatic N) is 2. The Balaban J connectivity index is 2.88. The molecule has 0 aromatic carbocycles. The third-order valence-corrected chi connectivity index (χ3v) is 3.27. The number of amides is 1. The van der Waals surface area contributed by atoms with Gasteiger partial charge in [-0.2, -0.15) is 0 Å². The molecule has 0 radical (unpaired) electrons. The predicted molar refractivity (Wildman–Crippen MR) is 95.8 cm³/mol. The van der Waals surface area contributed by atoms with Crippen molar-refractivity contribution in [2.24, 2.45) is 0 Å². The van der Waals surface area contributed by atoms with E-state index in [0.29, 0.717) is 13.0 Å². The maximum Gasteiger partial charge on any atom is 0.221 e. The van der Waals surface area contributed by atoms with Crippen molar-refractivity contribution < 1.29 is 4.79 Å². The number of nitrogens with one attached hydrogen (secondary N) is 2. The van der Waals surface area contributed by atoms with E-state index in [1.165, 1.54) is 0 Å². The van der Waals surface area contributed by atoms with Crippen LogP contribution in [-0.4, -0.2) is 28.5 Å². The van der Waals surface area contributed by atoms with E-state index in [0.717, 1.165) is 17.3 Å². The Labute approximate surface area is 140 Å². The van der Waals surface area contributed by atoms with Gasteiger partial charge in [0.1, 0.15) is 11.6 Å². The summed E-state index contributed by atoms with van der Waals surface area (Å²) in [4.78, 5) is 21.1. The topological polar surface area (TPSA) is 66.9 Å². The van der Waals surface area contributed by atoms with Crippen LogP contribution in [0.1, 0.15) is 73.3 Å². The van der Waals surface area contributed by atoms with Crippen LogP contribution in [-0.2, 0) is 15.6 Å². The quantitative estimate of drug-likeness (QED) is 0.872. The van der Waals surface area contributed by atoms with Crippen LogP contribution in [0.15, 0.2) is 6.07 Å². The molecule has 0 fully saturated rings. The Bertz CT molecular complexity index is 507. The summed E-state index contributed by atoms with van der Waals surface area (Å²) in [6, 6.07) is 2.15. The lowest BCUT2D eigenvalue weighted by atomic mass is 9.90. The van der Waals surface area contributed by atoms with Gasteiger partial charge in [0.05, 0.1) is 5.69 Å². The van der Waals surface area contributed by atoms with Gasteiger partial charge in [0.25, 0.3) is 0 Å². The summed E-state index contributed by atoms with van der Waals surface area (Å²) >= 11 is 0. The number of hydrogen-bond acceptors (Lipinski definition) is 4. The van der Waals surface area contributed by atoms with Gasteiger partial charge in [-0.05, 0) is 13.8 Å². The first-order valence-electron chi connectivity index (χ1n) is 8.33. The maximum absolute atomic E-state index is 11.7. The van der Waals surface area contributed by atoms with Crippen molar-refractivity contribution in [3.63, 3.8) is 0 Å². The Kier molecular flexibility index (Phi) is 6.14. The van der Waals surface area contributed by atoms with Gasteiger partial charge in [0.15, 0.2) is 0 Å². The lowest BCUT2D eigenvalue weighted by molar-refractivity contribution is -0.121. The zero-order chi connectivity index (χ0) is 17.8. The Morgan fingerprint density at radius 3 is 2.17 bits per heavy atom. The van der Waals surface area contributed by atoms with Gasteiger partial charge < -0.3 is 10.6 Å². The summed E-state index contributed by atoms with van der Waals surface area (Å²) in [5.74, 6) is 1.65. The fourth-order valence-electron chi connectivity index (χ4n) is 1.96. The molecule has 130 valence electrons. The molecule has 0 atom stereocenters. The van der Waals surface area contributed by atoms with E-state index in [4.69, 9.17) is 4.98 Å². The SMILES string of the molecule is CC(C)NC(=O)CCNc1cc(C(C)(C)C)nc(C(C)(C)C)n1. The average Bonchev–Trinajstić information content (AvgIpc) is 2.35. The molecule has 0 saturated heterocycles. The van der Waals surface area contributed by atoms with Crippen LogP contribution in [0.2, 0.25) is 0 Å². The van der Waals surface area contributed by atoms with Crippen molar-refractivity contribution in [2.75, 3.05) is 11.9 Å². The van der Waals surface area contributed by atoms with Crippen molar-refractivity contribution in [3.8, 4) is 0 Å². The molecule has 23 heavy (non-hydrogen) atoms. The van der Waals surface area contributed by atoms with Crippen LogP contribution in [0, 0.1) is 0 Å². The van der Waals surface area contributed by atoms with Crippen molar-refractivity contribution in [1.82, 2.24) is 15.3 Å². The molecule has 5 heteroatoms. The van der Waals surface area contributed by atoms with E-state index < -0.39 is 0 Å². The highest BCUT2D eigenvalue weighted by Crippen LogP contribution is 2.26. The molecular formula is C18H32N4O. The van der Waals surface area contributed by atoms with Gasteiger partial charge in [-0.1, -0.05) is 41.5 Å². The number of hydrogen-bond donors (Lipinski definition) is 2. The van der Waals surface area contributed by atoms with Crippen LogP contribution < -0.4 is 10.6 Å². The third kappa shape index (κ3) is 6.55. The molecule has 5 nitrogen and oxygen atoms in total. The highest BCUT2D eigenvalue weighted by molar-refractivity contribution is 5.76. The largest absolute Gasteiger partial charge is 0.369 e. The maximum atomic E-state index is 11.7. The van der Waals surface area contributed by atoms with Gasteiger partial charge in [0.2, 0.25) is 5.91 Å². The van der Waals surface area contributed by atoms with Crippen molar-refractivity contribution in [3.05, 3.63) is 17.6 Å². The molecule has 1 aromatic heterocycles. The van der Waals surface area contributed by atoms with Gasteiger partial charge >= 0.3 is 0 Å². The number of anilines is 1. The summed E-state index contributed by atoms with van der Waals surface area (Å²) in [5.41, 5.74) is 0.840. The summed E-state index contributed by atoms with van der Waals surface area (Å²) in [5, 5.41) is 6.15. The molecule has 0 saturated carbocycles. The third-order valence-electron chi connectivity index (χ3n) is 3.27. The first kappa shape index (κ1) is 19.4. The molecule has 1 amide bonds. The number of aromatic nitrogens is 2. The predicted octanol–water partition coefficient (Wildman–Crippen LogP) is 3.40. The fraction of sp³-hybridized carbons (Fsp3) is 0.722. The minimum atomic E-state index is -0.118. The molecule has 1 aromatic rings. The van der Waals surface area contributed by atoms with Crippen LogP contribution in [0.3, 0.4) is 0 Å². The molecule has 2 N–H and O–H groups in total. The molecule has 1 heterocycles. The lowest BCUT2D eigenvalue weighted by Crippen LogP contribution is -2.31. The molecule has 0 bridgehead atoms. The van der Waals surface area contributed by atoms with Gasteiger partial charge in [0, 0.05) is 35.9 Å². The highest BCUT2D eigenvalue weighted by atomic mass is 16.1. The first-order valence-corrected chi connectivity index (χ1v) is 8.33. The lowest BCUT2D eigenvalue weighted by Gasteiger charge is -2.24. The Hall–Kier alpha value is -1.65. The standard InChI is InChI=1S/C18H32N4O/c1-12(2)20-15(23)9-10-19-14-11-13(17(3,4)5)21-16(22-14)18(6,7)8/h11-12H,9-10H2,1-8H3,(H,20,23)(H,19,21,22). The Morgan fingerprint density at radius 2 is 1.70 bits per heavy atom. The van der Waals surface area contributed by atoms with Crippen LogP contribution in [0.25, 0.3) is 0 Å². The summed E-state index contributed by atoms with van der Waals surface area (Å²) in [6.07, 6.45) is 0.428. The number of carbonyl (C=O) groups is 1. The second kappa shape index (κ2) is 7.28. The molecule has 0 aliphatic heterocycles. The second-order valence-electron chi connectivity index (χ2n) is 8.36. The molecule has 1 rings (SSSR count). The van der Waals surface area contributed by atoms with E-state index in [9.17, 15) is 4.79 Å². The molecule has 0 aliphatic carbocycles. The number of rotatable bonds is 5. The van der Waals surface area contributed by atoms with Gasteiger partial charge in [-0.3, -0.25) is 4.79 Å². The van der Waals surface area contributed by atoms with Crippen LogP contribution in [0.5, 0.6) is 0 Å². The molecule has 0 unspecified atom stereocenters. The average molecular weight is 320 g/mol. The highest BCUT2D eigenvalue weighted by Gasteiger charge is 2.23. The van der Waals surface area contributed by atoms with Crippen molar-refractivity contribution >= 4 is 11.7 Å². The molecule has 0 spiro atoms. The van der Waals surface area contributed by atoms with E-state index in [1.807, 2.05) is 19.9 Å². The molecule has 0 aliphatic rings. The summed E-state index contributed by atoms with van der Waals surface area (Å²) < 4.78 is 0.